The van der Waals surface area contributed by atoms with Crippen molar-refractivity contribution in [3.63, 3.8) is 0 Å². The molecule has 0 saturated carbocycles. The number of hydrogen-bond acceptors (Lipinski definition) is 5. The van der Waals surface area contributed by atoms with E-state index in [9.17, 15) is 10.1 Å². The molecule has 0 bridgehead atoms. The minimum absolute atomic E-state index is 0.276. The molecule has 28 heavy (non-hydrogen) atoms. The Morgan fingerprint density at radius 1 is 1.25 bits per heavy atom. The van der Waals surface area contributed by atoms with Crippen LogP contribution in [0.15, 0.2) is 42.7 Å². The van der Waals surface area contributed by atoms with Crippen LogP contribution in [0.2, 0.25) is 0 Å². The summed E-state index contributed by atoms with van der Waals surface area (Å²) in [6, 6.07) is 10.9. The van der Waals surface area contributed by atoms with Crippen LogP contribution in [0.25, 0.3) is 0 Å². The summed E-state index contributed by atoms with van der Waals surface area (Å²) in [6.45, 7) is 3.62. The summed E-state index contributed by atoms with van der Waals surface area (Å²) in [5, 5.41) is 27.0. The van der Waals surface area contributed by atoms with E-state index in [1.54, 1.807) is 48.1 Å². The number of amides is 1. The number of carbonyl (C=O) groups excluding carboxylic acids is 1. The van der Waals surface area contributed by atoms with E-state index in [0.29, 0.717) is 33.6 Å². The first-order chi connectivity index (χ1) is 13.4. The number of aromatic nitrogens is 2. The van der Waals surface area contributed by atoms with Crippen molar-refractivity contribution in [3.8, 4) is 6.07 Å². The predicted octanol–water partition coefficient (Wildman–Crippen LogP) is 3.90. The molecule has 140 valence electrons. The minimum Gasteiger partial charge on any atom is -0.352 e. The highest BCUT2D eigenvalue weighted by atomic mass is 16.1. The number of nitrogens with one attached hydrogen (secondary N) is 3. The standard InChI is InChI=1S/C21H20N6O/c1-13-4-5-15(9-22)14(2)20(13)21(28)26-17-7-6-16(10-23)19(8-17)25-18-11-24-27(3)12-18/h4-8,10-12,23,25H,1-3H3,(H,26,28). The Morgan fingerprint density at radius 2 is 2.04 bits per heavy atom. The van der Waals surface area contributed by atoms with Gasteiger partial charge < -0.3 is 16.0 Å². The molecule has 7 heteroatoms. The van der Waals surface area contributed by atoms with Crippen LogP contribution in [-0.4, -0.2) is 21.9 Å². The summed E-state index contributed by atoms with van der Waals surface area (Å²) in [5.74, 6) is -0.276. The SMILES string of the molecule is Cc1ccc(C#N)c(C)c1C(=O)Nc1ccc(C=N)c(Nc2cnn(C)c2)c1. The summed E-state index contributed by atoms with van der Waals surface area (Å²) < 4.78 is 1.67. The second-order valence-electron chi connectivity index (χ2n) is 6.47. The van der Waals surface area contributed by atoms with E-state index in [1.165, 1.54) is 6.21 Å². The maximum Gasteiger partial charge on any atom is 0.256 e. The third-order valence-corrected chi connectivity index (χ3v) is 4.47. The molecule has 0 aliphatic carbocycles. The predicted molar refractivity (Wildman–Crippen MR) is 109 cm³/mol. The molecule has 0 spiro atoms. The molecule has 1 heterocycles. The largest absolute Gasteiger partial charge is 0.352 e. The third-order valence-electron chi connectivity index (χ3n) is 4.47. The Morgan fingerprint density at radius 3 is 2.68 bits per heavy atom. The van der Waals surface area contributed by atoms with E-state index in [4.69, 9.17) is 5.41 Å². The summed E-state index contributed by atoms with van der Waals surface area (Å²) in [4.78, 5) is 12.9. The Hall–Kier alpha value is -3.92. The van der Waals surface area contributed by atoms with Gasteiger partial charge >= 0.3 is 0 Å². The molecular weight excluding hydrogens is 352 g/mol. The second-order valence-corrected chi connectivity index (χ2v) is 6.47. The van der Waals surface area contributed by atoms with Crippen LogP contribution in [0.4, 0.5) is 17.1 Å². The molecule has 0 aliphatic heterocycles. The smallest absolute Gasteiger partial charge is 0.256 e. The average molecular weight is 372 g/mol. The van der Waals surface area contributed by atoms with Gasteiger partial charge in [0.25, 0.3) is 5.91 Å². The number of aryl methyl sites for hydroxylation is 2. The van der Waals surface area contributed by atoms with Gasteiger partial charge in [-0.1, -0.05) is 6.07 Å². The van der Waals surface area contributed by atoms with Crippen LogP contribution in [0, 0.1) is 30.6 Å². The number of carbonyl (C=O) groups is 1. The number of anilines is 3. The van der Waals surface area contributed by atoms with Crippen molar-refractivity contribution in [1.29, 1.82) is 10.7 Å². The average Bonchev–Trinajstić information content (AvgIpc) is 3.07. The van der Waals surface area contributed by atoms with E-state index in [-0.39, 0.29) is 5.91 Å². The minimum atomic E-state index is -0.276. The lowest BCUT2D eigenvalue weighted by atomic mass is 9.97. The first-order valence-corrected chi connectivity index (χ1v) is 8.64. The van der Waals surface area contributed by atoms with Gasteiger partial charge in [-0.25, -0.2) is 0 Å². The van der Waals surface area contributed by atoms with E-state index in [0.717, 1.165) is 11.3 Å². The molecule has 2 aromatic carbocycles. The van der Waals surface area contributed by atoms with Crippen molar-refractivity contribution in [1.82, 2.24) is 9.78 Å². The second kappa shape index (κ2) is 7.76. The first-order valence-electron chi connectivity index (χ1n) is 8.64. The fourth-order valence-electron chi connectivity index (χ4n) is 3.02. The van der Waals surface area contributed by atoms with Crippen molar-refractivity contribution in [3.05, 3.63) is 70.5 Å². The number of nitrogens with zero attached hydrogens (tertiary/aromatic N) is 3. The van der Waals surface area contributed by atoms with E-state index < -0.39 is 0 Å². The Balaban J connectivity index is 1.91. The first kappa shape index (κ1) is 18.9. The lowest BCUT2D eigenvalue weighted by Crippen LogP contribution is -2.16. The van der Waals surface area contributed by atoms with Crippen LogP contribution in [0.1, 0.15) is 32.6 Å². The number of benzene rings is 2. The van der Waals surface area contributed by atoms with Crippen LogP contribution in [0.3, 0.4) is 0 Å². The van der Waals surface area contributed by atoms with E-state index in [1.807, 2.05) is 20.2 Å². The molecule has 0 atom stereocenters. The van der Waals surface area contributed by atoms with E-state index in [2.05, 4.69) is 21.8 Å². The highest BCUT2D eigenvalue weighted by Gasteiger charge is 2.16. The molecule has 0 fully saturated rings. The van der Waals surface area contributed by atoms with Crippen LogP contribution in [0.5, 0.6) is 0 Å². The lowest BCUT2D eigenvalue weighted by molar-refractivity contribution is 0.102. The van der Waals surface area contributed by atoms with Crippen molar-refractivity contribution in [2.45, 2.75) is 13.8 Å². The van der Waals surface area contributed by atoms with E-state index >= 15 is 0 Å². The molecule has 0 saturated heterocycles. The molecule has 3 aromatic rings. The van der Waals surface area contributed by atoms with Crippen molar-refractivity contribution in [2.24, 2.45) is 7.05 Å². The topological polar surface area (TPSA) is 107 Å². The molecule has 0 radical (unpaired) electrons. The Bertz CT molecular complexity index is 1110. The number of rotatable bonds is 5. The fourth-order valence-corrected chi connectivity index (χ4v) is 3.02. The molecule has 0 aliphatic rings. The van der Waals surface area contributed by atoms with Gasteiger partial charge in [0.05, 0.1) is 23.5 Å². The quantitative estimate of drug-likeness (QED) is 0.590. The van der Waals surface area contributed by atoms with Crippen molar-refractivity contribution in [2.75, 3.05) is 10.6 Å². The van der Waals surface area contributed by atoms with Gasteiger partial charge in [0.2, 0.25) is 0 Å². The normalized spacial score (nSPS) is 10.2. The number of nitriles is 1. The Labute approximate surface area is 163 Å². The monoisotopic (exact) mass is 372 g/mol. The maximum atomic E-state index is 12.9. The molecule has 7 nitrogen and oxygen atoms in total. The molecule has 1 amide bonds. The van der Waals surface area contributed by atoms with Crippen LogP contribution >= 0.6 is 0 Å². The van der Waals surface area contributed by atoms with Gasteiger partial charge in [-0.2, -0.15) is 10.4 Å². The van der Waals surface area contributed by atoms with Gasteiger partial charge in [0, 0.05) is 42.0 Å². The van der Waals surface area contributed by atoms with Gasteiger partial charge in [-0.15, -0.1) is 0 Å². The zero-order valence-electron chi connectivity index (χ0n) is 15.9. The van der Waals surface area contributed by atoms with Crippen LogP contribution in [-0.2, 0) is 7.05 Å². The molecule has 0 unspecified atom stereocenters. The van der Waals surface area contributed by atoms with Gasteiger partial charge in [0.15, 0.2) is 0 Å². The van der Waals surface area contributed by atoms with Gasteiger partial charge in [-0.05, 0) is 49.2 Å². The van der Waals surface area contributed by atoms with Crippen molar-refractivity contribution < 1.29 is 4.79 Å². The fraction of sp³-hybridized carbons (Fsp3) is 0.143. The van der Waals surface area contributed by atoms with Gasteiger partial charge in [-0.3, -0.25) is 9.48 Å². The van der Waals surface area contributed by atoms with Crippen LogP contribution < -0.4 is 10.6 Å². The van der Waals surface area contributed by atoms with Gasteiger partial charge in [0.1, 0.15) is 0 Å². The molecule has 1 aromatic heterocycles. The summed E-state index contributed by atoms with van der Waals surface area (Å²) in [7, 11) is 1.82. The lowest BCUT2D eigenvalue weighted by Gasteiger charge is -2.14. The molecular formula is C21H20N6O. The van der Waals surface area contributed by atoms with Crippen molar-refractivity contribution >= 4 is 29.2 Å². The maximum absolute atomic E-state index is 12.9. The highest BCUT2D eigenvalue weighted by molar-refractivity contribution is 6.07. The Kier molecular flexibility index (Phi) is 5.23. The summed E-state index contributed by atoms with van der Waals surface area (Å²) in [5.41, 5.74) is 5.17. The third kappa shape index (κ3) is 3.76. The molecule has 3 N–H and O–H groups in total. The zero-order chi connectivity index (χ0) is 20.3. The highest BCUT2D eigenvalue weighted by Crippen LogP contribution is 2.25. The zero-order valence-corrected chi connectivity index (χ0v) is 15.9. The summed E-state index contributed by atoms with van der Waals surface area (Å²) in [6.07, 6.45) is 4.74. The summed E-state index contributed by atoms with van der Waals surface area (Å²) >= 11 is 0. The number of hydrogen-bond donors (Lipinski definition) is 3. The molecule has 3 rings (SSSR count).